The molecule has 15 rings (SSSR count). The minimum Gasteiger partial charge on any atom is -0.310 e. The summed E-state index contributed by atoms with van der Waals surface area (Å²) in [7, 11) is 0. The van der Waals surface area contributed by atoms with E-state index >= 15 is 0 Å². The third kappa shape index (κ3) is 5.59. The summed E-state index contributed by atoms with van der Waals surface area (Å²) in [5, 5.41) is 7.67. The van der Waals surface area contributed by atoms with Gasteiger partial charge in [-0.15, -0.1) is 0 Å². The fraction of sp³-hybridized carbons (Fsp3) is 0. The Hall–Kier alpha value is -9.38. The lowest BCUT2D eigenvalue weighted by Gasteiger charge is -2.26. The zero-order valence-corrected chi connectivity index (χ0v) is 37.3. The van der Waals surface area contributed by atoms with Crippen molar-refractivity contribution in [3.8, 4) is 22.3 Å². The molecular weight excluding hydrogens is 849 g/mol. The molecule has 0 bridgehead atoms. The second-order valence-electron chi connectivity index (χ2n) is 17.7. The molecule has 4 heterocycles. The summed E-state index contributed by atoms with van der Waals surface area (Å²) in [4.78, 5) is 3.62. The third-order valence-corrected chi connectivity index (χ3v) is 14.1. The van der Waals surface area contributed by atoms with Gasteiger partial charge < -0.3 is 18.6 Å². The standard InChI is InChI=1S/C66H42N4/c1-5-17-43(18-6-1)45-33-37-49(38-34-45)67(47-21-9-3-10-22-47)57-29-15-31-59-63(57)53-27-13-25-51-55-42-62-56(41-61(55)69(59)65(51)53)52-26-14-28-54-64-58(30-16-32-60(64)70(62)66(52)54)68(48-23-11-4-12-24-48)50-39-35-46(36-40-50)44-19-7-2-8-20-44/h1-42H/i3D,4D,9D,10D,11D,12D,21D,22D,23D,24D. The molecule has 0 unspecified atom stereocenters. The van der Waals surface area contributed by atoms with Crippen molar-refractivity contribution in [2.45, 2.75) is 0 Å². The first-order valence-corrected chi connectivity index (χ1v) is 23.3. The summed E-state index contributed by atoms with van der Waals surface area (Å²) >= 11 is 0. The van der Waals surface area contributed by atoms with E-state index in [-0.39, 0.29) is 35.5 Å². The van der Waals surface area contributed by atoms with Gasteiger partial charge in [0.2, 0.25) is 0 Å². The maximum Gasteiger partial charge on any atom is 0.0645 e. The van der Waals surface area contributed by atoms with Gasteiger partial charge in [-0.3, -0.25) is 0 Å². The number of fused-ring (bicyclic) bond motifs is 12. The van der Waals surface area contributed by atoms with Crippen molar-refractivity contribution in [2.75, 3.05) is 9.80 Å². The van der Waals surface area contributed by atoms with E-state index in [1.165, 1.54) is 0 Å². The molecule has 0 fully saturated rings. The molecule has 4 nitrogen and oxygen atoms in total. The van der Waals surface area contributed by atoms with Crippen LogP contribution in [0.25, 0.3) is 98.4 Å². The minimum atomic E-state index is -0.461. The van der Waals surface area contributed by atoms with E-state index in [1.807, 2.05) is 155 Å². The van der Waals surface area contributed by atoms with Gasteiger partial charge in [-0.2, -0.15) is 0 Å². The number of anilines is 6. The highest BCUT2D eigenvalue weighted by Gasteiger charge is 2.27. The molecule has 15 aromatic rings. The highest BCUT2D eigenvalue weighted by atomic mass is 15.2. The van der Waals surface area contributed by atoms with Gasteiger partial charge in [0.1, 0.15) is 0 Å². The van der Waals surface area contributed by atoms with E-state index in [9.17, 15) is 5.48 Å². The van der Waals surface area contributed by atoms with Crippen LogP contribution in [0.5, 0.6) is 0 Å². The van der Waals surface area contributed by atoms with Crippen molar-refractivity contribution in [1.29, 1.82) is 0 Å². The van der Waals surface area contributed by atoms with Crippen LogP contribution in [-0.2, 0) is 0 Å². The number of hydrogen-bond acceptors (Lipinski definition) is 2. The lowest BCUT2D eigenvalue weighted by Crippen LogP contribution is -2.10. The van der Waals surface area contributed by atoms with E-state index in [0.717, 1.165) is 98.4 Å². The number of para-hydroxylation sites is 4. The molecule has 0 N–H and O–H groups in total. The predicted octanol–water partition coefficient (Wildman–Crippen LogP) is 18.3. The number of hydrogen-bond donors (Lipinski definition) is 0. The SMILES string of the molecule is [2H]c1c([2H])c([2H])c(N(c2ccc(-c3ccccc3)cc2)c2cccc3c2c2cccc4c5cc6c(cc5n3c42)c2cccc3c4c(N(c5ccc(-c7ccccc7)cc5)c5c([2H])c([2H])c([2H])c([2H])c5[2H])cccc4n6c23)c([2H])c1[2H]. The predicted molar refractivity (Wildman–Crippen MR) is 296 cm³/mol. The van der Waals surface area contributed by atoms with Gasteiger partial charge in [0.25, 0.3) is 0 Å². The lowest BCUT2D eigenvalue weighted by molar-refractivity contribution is 1.29. The van der Waals surface area contributed by atoms with Gasteiger partial charge in [-0.05, 0) is 107 Å². The van der Waals surface area contributed by atoms with Gasteiger partial charge in [0.05, 0.1) is 58.2 Å². The second kappa shape index (κ2) is 15.1. The summed E-state index contributed by atoms with van der Waals surface area (Å²) in [5.41, 5.74) is 12.4. The summed E-state index contributed by atoms with van der Waals surface area (Å²) in [6.07, 6.45) is 0. The molecule has 0 atom stereocenters. The van der Waals surface area contributed by atoms with Gasteiger partial charge in [-0.25, -0.2) is 0 Å². The van der Waals surface area contributed by atoms with Crippen molar-refractivity contribution in [3.05, 3.63) is 255 Å². The lowest BCUT2D eigenvalue weighted by atomic mass is 10.0. The van der Waals surface area contributed by atoms with Crippen LogP contribution in [0.1, 0.15) is 13.7 Å². The molecule has 0 amide bonds. The van der Waals surface area contributed by atoms with Crippen LogP contribution in [0, 0.1) is 0 Å². The van der Waals surface area contributed by atoms with Crippen LogP contribution in [0.2, 0.25) is 0 Å². The Kier molecular flexibility index (Phi) is 6.48. The molecule has 0 aliphatic carbocycles. The molecular formula is C66H42N4. The maximum atomic E-state index is 9.30. The number of benzene rings is 11. The zero-order chi connectivity index (χ0) is 54.6. The summed E-state index contributed by atoms with van der Waals surface area (Å²) < 4.78 is 94.0. The highest BCUT2D eigenvalue weighted by molar-refractivity contribution is 6.31. The fourth-order valence-corrected chi connectivity index (χ4v) is 11.2. The Morgan fingerprint density at radius 2 is 0.657 bits per heavy atom. The maximum absolute atomic E-state index is 9.30. The first-order valence-electron chi connectivity index (χ1n) is 28.3. The quantitative estimate of drug-likeness (QED) is 0.151. The molecule has 4 heteroatoms. The smallest absolute Gasteiger partial charge is 0.0645 e. The van der Waals surface area contributed by atoms with Crippen LogP contribution in [0.4, 0.5) is 34.1 Å². The van der Waals surface area contributed by atoms with Crippen LogP contribution in [0.3, 0.4) is 0 Å². The molecule has 11 aromatic carbocycles. The molecule has 0 radical (unpaired) electrons. The average molecular weight is 901 g/mol. The molecule has 4 aromatic heterocycles. The number of rotatable bonds is 8. The van der Waals surface area contributed by atoms with Gasteiger partial charge >= 0.3 is 0 Å². The molecule has 0 spiro atoms. The van der Waals surface area contributed by atoms with Crippen LogP contribution >= 0.6 is 0 Å². The van der Waals surface area contributed by atoms with Crippen LogP contribution in [0.15, 0.2) is 255 Å². The Morgan fingerprint density at radius 1 is 0.286 bits per heavy atom. The molecule has 326 valence electrons. The van der Waals surface area contributed by atoms with Gasteiger partial charge in [0, 0.05) is 65.8 Å². The van der Waals surface area contributed by atoms with Crippen molar-refractivity contribution in [2.24, 2.45) is 0 Å². The summed E-state index contributed by atoms with van der Waals surface area (Å²) in [6, 6.07) is 61.0. The Labute approximate surface area is 418 Å². The van der Waals surface area contributed by atoms with E-state index in [2.05, 4.69) is 57.3 Å². The molecule has 0 saturated carbocycles. The summed E-state index contributed by atoms with van der Waals surface area (Å²) in [6.45, 7) is 0. The molecule has 0 aliphatic rings. The number of nitrogens with zero attached hydrogens (tertiary/aromatic N) is 4. The van der Waals surface area contributed by atoms with Crippen molar-refractivity contribution < 1.29 is 13.7 Å². The largest absolute Gasteiger partial charge is 0.310 e. The fourth-order valence-electron chi connectivity index (χ4n) is 11.2. The highest BCUT2D eigenvalue weighted by Crippen LogP contribution is 2.50. The summed E-state index contributed by atoms with van der Waals surface area (Å²) in [5.74, 6) is 0. The van der Waals surface area contributed by atoms with Gasteiger partial charge in [0.15, 0.2) is 0 Å². The van der Waals surface area contributed by atoms with E-state index in [1.54, 1.807) is 0 Å². The molecule has 0 saturated heterocycles. The first kappa shape index (κ1) is 30.1. The van der Waals surface area contributed by atoms with Crippen molar-refractivity contribution in [3.63, 3.8) is 0 Å². The molecule has 0 aliphatic heterocycles. The zero-order valence-electron chi connectivity index (χ0n) is 47.3. The normalized spacial score (nSPS) is 14.0. The Morgan fingerprint density at radius 3 is 1.07 bits per heavy atom. The third-order valence-electron chi connectivity index (χ3n) is 14.1. The average Bonchev–Trinajstić information content (AvgIpc) is 4.42. The van der Waals surface area contributed by atoms with E-state index in [0.29, 0.717) is 22.7 Å². The van der Waals surface area contributed by atoms with Gasteiger partial charge in [-0.1, -0.05) is 170 Å². The monoisotopic (exact) mass is 900 g/mol. The van der Waals surface area contributed by atoms with Crippen LogP contribution < -0.4 is 9.80 Å². The van der Waals surface area contributed by atoms with Crippen molar-refractivity contribution >= 4 is 110 Å². The van der Waals surface area contributed by atoms with E-state index in [4.69, 9.17) is 8.22 Å². The van der Waals surface area contributed by atoms with E-state index < -0.39 is 36.3 Å². The Balaban J connectivity index is 0.967. The second-order valence-corrected chi connectivity index (χ2v) is 17.7. The topological polar surface area (TPSA) is 15.3 Å². The minimum absolute atomic E-state index is 0.0473. The molecule has 70 heavy (non-hydrogen) atoms. The Bertz CT molecular complexity index is 4680. The van der Waals surface area contributed by atoms with Crippen LogP contribution in [-0.4, -0.2) is 8.80 Å². The van der Waals surface area contributed by atoms with Crippen molar-refractivity contribution in [1.82, 2.24) is 8.80 Å². The first-order chi connectivity index (χ1) is 38.9. The number of aromatic nitrogens is 2.